The largest absolute Gasteiger partial charge is 0.374 e. The number of carbonyl (C=O) groups is 1. The van der Waals surface area contributed by atoms with E-state index in [1.165, 1.54) is 16.9 Å². The van der Waals surface area contributed by atoms with Crippen LogP contribution in [0, 0.1) is 6.92 Å². The molecule has 0 saturated carbocycles. The molecular formula is C14H17N3O2S. The van der Waals surface area contributed by atoms with Gasteiger partial charge in [0.1, 0.15) is 11.6 Å². The Balaban J connectivity index is 1.87. The monoisotopic (exact) mass is 291 g/mol. The summed E-state index contributed by atoms with van der Waals surface area (Å²) in [7, 11) is 0. The average molecular weight is 291 g/mol. The third-order valence-electron chi connectivity index (χ3n) is 2.63. The van der Waals surface area contributed by atoms with Gasteiger partial charge in [0.2, 0.25) is 11.0 Å². The predicted molar refractivity (Wildman–Crippen MR) is 78.8 cm³/mol. The molecule has 0 spiro atoms. The molecule has 20 heavy (non-hydrogen) atoms. The molecule has 0 aliphatic heterocycles. The van der Waals surface area contributed by atoms with Crippen molar-refractivity contribution in [1.29, 1.82) is 0 Å². The molecule has 0 unspecified atom stereocenters. The molecule has 0 saturated heterocycles. The zero-order valence-corrected chi connectivity index (χ0v) is 12.4. The summed E-state index contributed by atoms with van der Waals surface area (Å²) < 4.78 is 5.24. The topological polar surface area (TPSA) is 64.1 Å². The second-order valence-corrected chi connectivity index (χ2v) is 5.41. The van der Waals surface area contributed by atoms with Gasteiger partial charge in [-0.1, -0.05) is 41.2 Å². The van der Waals surface area contributed by atoms with E-state index in [0.717, 1.165) is 10.6 Å². The van der Waals surface area contributed by atoms with Gasteiger partial charge in [-0.3, -0.25) is 4.79 Å². The van der Waals surface area contributed by atoms with Crippen LogP contribution in [0.1, 0.15) is 23.1 Å². The summed E-state index contributed by atoms with van der Waals surface area (Å²) in [6, 6.07) is 7.90. The SMILES string of the molecule is CCOCc1nnc(NC(=O)Cc2ccc(C)cc2)s1. The van der Waals surface area contributed by atoms with E-state index in [2.05, 4.69) is 15.5 Å². The van der Waals surface area contributed by atoms with Crippen molar-refractivity contribution in [2.45, 2.75) is 26.9 Å². The fourth-order valence-corrected chi connectivity index (χ4v) is 2.30. The first-order valence-electron chi connectivity index (χ1n) is 6.43. The fourth-order valence-electron chi connectivity index (χ4n) is 1.61. The number of anilines is 1. The Labute approximate surface area is 122 Å². The van der Waals surface area contributed by atoms with E-state index in [0.29, 0.717) is 24.8 Å². The highest BCUT2D eigenvalue weighted by atomic mass is 32.1. The molecule has 1 N–H and O–H groups in total. The molecule has 6 heteroatoms. The minimum absolute atomic E-state index is 0.0898. The van der Waals surface area contributed by atoms with E-state index >= 15 is 0 Å². The molecule has 0 aliphatic rings. The summed E-state index contributed by atoms with van der Waals surface area (Å²) in [5.41, 5.74) is 2.16. The van der Waals surface area contributed by atoms with Crippen molar-refractivity contribution in [2.75, 3.05) is 11.9 Å². The van der Waals surface area contributed by atoms with Crippen LogP contribution in [0.25, 0.3) is 0 Å². The van der Waals surface area contributed by atoms with Gasteiger partial charge in [0.05, 0.1) is 6.42 Å². The fraction of sp³-hybridized carbons (Fsp3) is 0.357. The lowest BCUT2D eigenvalue weighted by molar-refractivity contribution is -0.115. The van der Waals surface area contributed by atoms with E-state index in [-0.39, 0.29) is 5.91 Å². The first kappa shape index (κ1) is 14.6. The molecule has 1 amide bonds. The third-order valence-corrected chi connectivity index (χ3v) is 3.44. The molecule has 0 radical (unpaired) electrons. The van der Waals surface area contributed by atoms with Crippen molar-refractivity contribution >= 4 is 22.4 Å². The quantitative estimate of drug-likeness (QED) is 0.888. The van der Waals surface area contributed by atoms with Crippen molar-refractivity contribution in [3.05, 3.63) is 40.4 Å². The summed E-state index contributed by atoms with van der Waals surface area (Å²) in [6.07, 6.45) is 0.334. The predicted octanol–water partition coefficient (Wildman–Crippen LogP) is 2.56. The molecule has 106 valence electrons. The van der Waals surface area contributed by atoms with Crippen molar-refractivity contribution in [1.82, 2.24) is 10.2 Å². The standard InChI is InChI=1S/C14H17N3O2S/c1-3-19-9-13-16-17-14(20-13)15-12(18)8-11-6-4-10(2)5-7-11/h4-7H,3,8-9H2,1-2H3,(H,15,17,18). The number of ether oxygens (including phenoxy) is 1. The molecule has 0 atom stereocenters. The van der Waals surface area contributed by atoms with Crippen molar-refractivity contribution in [3.8, 4) is 0 Å². The van der Waals surface area contributed by atoms with Gasteiger partial charge in [-0.05, 0) is 19.4 Å². The van der Waals surface area contributed by atoms with Gasteiger partial charge in [-0.25, -0.2) is 0 Å². The number of nitrogens with one attached hydrogen (secondary N) is 1. The van der Waals surface area contributed by atoms with Crippen LogP contribution in [0.4, 0.5) is 5.13 Å². The maximum atomic E-state index is 11.9. The minimum Gasteiger partial charge on any atom is -0.374 e. The molecule has 0 fully saturated rings. The van der Waals surface area contributed by atoms with Gasteiger partial charge in [0, 0.05) is 6.61 Å². The number of amides is 1. The first-order chi connectivity index (χ1) is 9.67. The molecule has 2 rings (SSSR count). The minimum atomic E-state index is -0.0898. The molecule has 1 aromatic heterocycles. The molecule has 0 aliphatic carbocycles. The molecule has 0 bridgehead atoms. The Hall–Kier alpha value is -1.79. The molecule has 1 heterocycles. The molecular weight excluding hydrogens is 274 g/mol. The van der Waals surface area contributed by atoms with Gasteiger partial charge in [-0.2, -0.15) is 0 Å². The van der Waals surface area contributed by atoms with Crippen LogP contribution < -0.4 is 5.32 Å². The highest BCUT2D eigenvalue weighted by Crippen LogP contribution is 2.16. The van der Waals surface area contributed by atoms with Crippen LogP contribution in [0.15, 0.2) is 24.3 Å². The van der Waals surface area contributed by atoms with E-state index in [1.807, 2.05) is 38.1 Å². The highest BCUT2D eigenvalue weighted by molar-refractivity contribution is 7.15. The normalized spacial score (nSPS) is 10.5. The van der Waals surface area contributed by atoms with E-state index in [4.69, 9.17) is 4.74 Å². The first-order valence-corrected chi connectivity index (χ1v) is 7.24. The maximum absolute atomic E-state index is 11.9. The van der Waals surface area contributed by atoms with Crippen LogP contribution in [0.3, 0.4) is 0 Å². The summed E-state index contributed by atoms with van der Waals surface area (Å²) in [5, 5.41) is 11.9. The second kappa shape index (κ2) is 7.12. The second-order valence-electron chi connectivity index (χ2n) is 4.35. The van der Waals surface area contributed by atoms with Crippen molar-refractivity contribution in [2.24, 2.45) is 0 Å². The number of rotatable bonds is 6. The number of nitrogens with zero attached hydrogens (tertiary/aromatic N) is 2. The van der Waals surface area contributed by atoms with Crippen LogP contribution in [-0.4, -0.2) is 22.7 Å². The number of hydrogen-bond acceptors (Lipinski definition) is 5. The van der Waals surface area contributed by atoms with Gasteiger partial charge in [-0.15, -0.1) is 10.2 Å². The summed E-state index contributed by atoms with van der Waals surface area (Å²) in [4.78, 5) is 11.9. The van der Waals surface area contributed by atoms with Gasteiger partial charge < -0.3 is 10.1 Å². The molecule has 2 aromatic rings. The Bertz CT molecular complexity index is 566. The lowest BCUT2D eigenvalue weighted by Crippen LogP contribution is -2.14. The Kier molecular flexibility index (Phi) is 5.20. The average Bonchev–Trinajstić information content (AvgIpc) is 2.86. The van der Waals surface area contributed by atoms with E-state index in [9.17, 15) is 4.79 Å². The summed E-state index contributed by atoms with van der Waals surface area (Å²) in [5.74, 6) is -0.0898. The molecule has 5 nitrogen and oxygen atoms in total. The van der Waals surface area contributed by atoms with Crippen LogP contribution >= 0.6 is 11.3 Å². The summed E-state index contributed by atoms with van der Waals surface area (Å²) >= 11 is 1.34. The van der Waals surface area contributed by atoms with Gasteiger partial charge >= 0.3 is 0 Å². The highest BCUT2D eigenvalue weighted by Gasteiger charge is 2.08. The number of benzene rings is 1. The smallest absolute Gasteiger partial charge is 0.230 e. The van der Waals surface area contributed by atoms with Crippen LogP contribution in [-0.2, 0) is 22.6 Å². The maximum Gasteiger partial charge on any atom is 0.230 e. The van der Waals surface area contributed by atoms with Crippen LogP contribution in [0.5, 0.6) is 0 Å². The van der Waals surface area contributed by atoms with E-state index < -0.39 is 0 Å². The number of aryl methyl sites for hydroxylation is 1. The van der Waals surface area contributed by atoms with Crippen LogP contribution in [0.2, 0.25) is 0 Å². The van der Waals surface area contributed by atoms with Gasteiger partial charge in [0.25, 0.3) is 0 Å². The Morgan fingerprint density at radius 1 is 1.30 bits per heavy atom. The lowest BCUT2D eigenvalue weighted by Gasteiger charge is -2.02. The Morgan fingerprint density at radius 3 is 2.75 bits per heavy atom. The van der Waals surface area contributed by atoms with Crippen molar-refractivity contribution in [3.63, 3.8) is 0 Å². The number of aromatic nitrogens is 2. The van der Waals surface area contributed by atoms with Crippen molar-refractivity contribution < 1.29 is 9.53 Å². The van der Waals surface area contributed by atoms with Gasteiger partial charge in [0.15, 0.2) is 0 Å². The number of hydrogen-bond donors (Lipinski definition) is 1. The Morgan fingerprint density at radius 2 is 2.05 bits per heavy atom. The number of carbonyl (C=O) groups excluding carboxylic acids is 1. The lowest BCUT2D eigenvalue weighted by atomic mass is 10.1. The zero-order valence-electron chi connectivity index (χ0n) is 11.5. The third kappa shape index (κ3) is 4.40. The van der Waals surface area contributed by atoms with E-state index in [1.54, 1.807) is 0 Å². The zero-order chi connectivity index (χ0) is 14.4. The molecule has 1 aromatic carbocycles. The summed E-state index contributed by atoms with van der Waals surface area (Å²) in [6.45, 7) is 5.01.